The normalized spacial score (nSPS) is 15.9. The van der Waals surface area contributed by atoms with Gasteiger partial charge in [0.25, 0.3) is 5.91 Å². The van der Waals surface area contributed by atoms with Gasteiger partial charge in [-0.2, -0.15) is 0 Å². The van der Waals surface area contributed by atoms with E-state index in [0.29, 0.717) is 36.0 Å². The smallest absolute Gasteiger partial charge is 0.335 e. The zero-order valence-corrected chi connectivity index (χ0v) is 15.6. The van der Waals surface area contributed by atoms with Crippen LogP contribution >= 0.6 is 11.6 Å². The van der Waals surface area contributed by atoms with E-state index < -0.39 is 12.1 Å². The van der Waals surface area contributed by atoms with Crippen LogP contribution in [-0.2, 0) is 4.79 Å². The molecule has 3 rings (SSSR count). The van der Waals surface area contributed by atoms with Crippen LogP contribution in [-0.4, -0.2) is 36.2 Å². The number of nitrogens with zero attached hydrogens (tertiary/aromatic N) is 1. The van der Waals surface area contributed by atoms with Gasteiger partial charge in [0.15, 0.2) is 6.10 Å². The monoisotopic (exact) mass is 389 g/mol. The van der Waals surface area contributed by atoms with Crippen molar-refractivity contribution in [3.8, 4) is 11.5 Å². The summed E-state index contributed by atoms with van der Waals surface area (Å²) in [6.07, 6.45) is 0.858. The number of hydrogen-bond donors (Lipinski definition) is 1. The van der Waals surface area contributed by atoms with Crippen LogP contribution in [0.3, 0.4) is 0 Å². The van der Waals surface area contributed by atoms with Gasteiger partial charge in [-0.3, -0.25) is 4.79 Å². The maximum atomic E-state index is 12.5. The lowest BCUT2D eigenvalue weighted by atomic mass is 10.1. The Labute approximate surface area is 162 Å². The molecule has 0 bridgehead atoms. The minimum absolute atomic E-state index is 0.121. The molecule has 0 aromatic heterocycles. The fraction of sp³-hybridized carbons (Fsp3) is 0.300. The Balaban J connectivity index is 1.60. The highest BCUT2D eigenvalue weighted by atomic mass is 35.5. The average molecular weight is 390 g/mol. The highest BCUT2D eigenvalue weighted by Crippen LogP contribution is 2.35. The van der Waals surface area contributed by atoms with Crippen molar-refractivity contribution in [2.75, 3.05) is 18.1 Å². The summed E-state index contributed by atoms with van der Waals surface area (Å²) < 4.78 is 11.2. The third-order valence-electron chi connectivity index (χ3n) is 4.27. The van der Waals surface area contributed by atoms with Crippen LogP contribution in [0.1, 0.15) is 30.1 Å². The van der Waals surface area contributed by atoms with Gasteiger partial charge in [0.2, 0.25) is 0 Å². The fourth-order valence-electron chi connectivity index (χ4n) is 2.86. The number of carbonyl (C=O) groups excluding carboxylic acids is 1. The van der Waals surface area contributed by atoms with Gasteiger partial charge in [-0.1, -0.05) is 11.6 Å². The van der Waals surface area contributed by atoms with E-state index in [-0.39, 0.29) is 11.5 Å². The molecule has 0 radical (unpaired) electrons. The summed E-state index contributed by atoms with van der Waals surface area (Å²) in [6.45, 7) is 2.66. The maximum absolute atomic E-state index is 12.5. The predicted octanol–water partition coefficient (Wildman–Crippen LogP) is 4.01. The first-order chi connectivity index (χ1) is 13.0. The second-order valence-electron chi connectivity index (χ2n) is 6.25. The number of anilines is 1. The number of unbranched alkanes of at least 4 members (excludes halogenated alkanes) is 1. The van der Waals surface area contributed by atoms with E-state index in [1.807, 2.05) is 0 Å². The molecule has 1 amide bonds. The number of halogens is 1. The van der Waals surface area contributed by atoms with E-state index >= 15 is 0 Å². The number of aromatic carboxylic acids is 1. The minimum atomic E-state index is -1.04. The van der Waals surface area contributed by atoms with Gasteiger partial charge in [0.1, 0.15) is 11.5 Å². The Kier molecular flexibility index (Phi) is 5.86. The summed E-state index contributed by atoms with van der Waals surface area (Å²) in [6, 6.07) is 11.7. The first kappa shape index (κ1) is 19.0. The number of benzene rings is 2. The van der Waals surface area contributed by atoms with Crippen molar-refractivity contribution >= 4 is 29.2 Å². The number of hydrogen-bond acceptors (Lipinski definition) is 4. The highest BCUT2D eigenvalue weighted by Gasteiger charge is 2.31. The second kappa shape index (κ2) is 8.31. The van der Waals surface area contributed by atoms with Gasteiger partial charge in [0.05, 0.1) is 17.9 Å². The third-order valence-corrected chi connectivity index (χ3v) is 4.52. The van der Waals surface area contributed by atoms with Crippen molar-refractivity contribution in [1.82, 2.24) is 0 Å². The number of fused-ring (bicyclic) bond motifs is 1. The van der Waals surface area contributed by atoms with Crippen molar-refractivity contribution in [1.29, 1.82) is 0 Å². The summed E-state index contributed by atoms with van der Waals surface area (Å²) in [4.78, 5) is 25.3. The van der Waals surface area contributed by atoms with E-state index in [0.717, 1.165) is 12.2 Å². The van der Waals surface area contributed by atoms with Crippen molar-refractivity contribution < 1.29 is 24.2 Å². The number of amides is 1. The molecule has 1 heterocycles. The van der Waals surface area contributed by atoms with E-state index in [2.05, 4.69) is 0 Å². The van der Waals surface area contributed by atoms with E-state index in [1.54, 1.807) is 42.2 Å². The van der Waals surface area contributed by atoms with Crippen LogP contribution in [0.25, 0.3) is 0 Å². The lowest BCUT2D eigenvalue weighted by Crippen LogP contribution is -2.45. The third kappa shape index (κ3) is 4.52. The second-order valence-corrected chi connectivity index (χ2v) is 6.68. The Bertz CT molecular complexity index is 837. The Morgan fingerprint density at radius 3 is 2.67 bits per heavy atom. The molecular weight excluding hydrogens is 370 g/mol. The van der Waals surface area contributed by atoms with Crippen LogP contribution in [0.15, 0.2) is 42.5 Å². The largest absolute Gasteiger partial charge is 0.494 e. The molecule has 0 fully saturated rings. The molecule has 0 saturated heterocycles. The minimum Gasteiger partial charge on any atom is -0.494 e. The van der Waals surface area contributed by atoms with Gasteiger partial charge in [-0.05, 0) is 62.2 Å². The summed E-state index contributed by atoms with van der Waals surface area (Å²) >= 11 is 5.84. The predicted molar refractivity (Wildman–Crippen MR) is 102 cm³/mol. The van der Waals surface area contributed by atoms with Crippen LogP contribution in [0.4, 0.5) is 5.69 Å². The number of carboxylic acids is 1. The Morgan fingerprint density at radius 1 is 1.22 bits per heavy atom. The molecule has 1 aliphatic rings. The average Bonchev–Trinajstić information content (AvgIpc) is 2.65. The Hall–Kier alpha value is -2.73. The molecule has 7 heteroatoms. The van der Waals surface area contributed by atoms with Crippen LogP contribution in [0, 0.1) is 0 Å². The lowest BCUT2D eigenvalue weighted by Gasteiger charge is -2.33. The molecule has 1 N–H and O–H groups in total. The molecule has 1 aliphatic heterocycles. The molecule has 1 atom stereocenters. The summed E-state index contributed by atoms with van der Waals surface area (Å²) in [5, 5.41) is 9.85. The van der Waals surface area contributed by atoms with Crippen LogP contribution < -0.4 is 14.4 Å². The summed E-state index contributed by atoms with van der Waals surface area (Å²) in [5.74, 6) is 0.0419. The summed E-state index contributed by atoms with van der Waals surface area (Å²) in [5.41, 5.74) is 0.618. The zero-order chi connectivity index (χ0) is 19.4. The van der Waals surface area contributed by atoms with Crippen LogP contribution in [0.5, 0.6) is 11.5 Å². The maximum Gasteiger partial charge on any atom is 0.335 e. The van der Waals surface area contributed by atoms with E-state index in [4.69, 9.17) is 21.1 Å². The van der Waals surface area contributed by atoms with E-state index in [1.165, 1.54) is 12.1 Å². The molecular formula is C20H20ClNO5. The molecule has 2 aromatic carbocycles. The van der Waals surface area contributed by atoms with Gasteiger partial charge in [-0.15, -0.1) is 0 Å². The Morgan fingerprint density at radius 2 is 1.96 bits per heavy atom. The SMILES string of the molecule is CC1Oc2ccc(C(=O)O)cc2N(CCCCOc2ccc(Cl)cc2)C1=O. The molecule has 27 heavy (non-hydrogen) atoms. The molecule has 0 saturated carbocycles. The zero-order valence-electron chi connectivity index (χ0n) is 14.9. The quantitative estimate of drug-likeness (QED) is 0.724. The van der Waals surface area contributed by atoms with E-state index in [9.17, 15) is 14.7 Å². The first-order valence-corrected chi connectivity index (χ1v) is 9.07. The molecule has 2 aromatic rings. The first-order valence-electron chi connectivity index (χ1n) is 8.69. The molecule has 0 aliphatic carbocycles. The standard InChI is InChI=1S/C20H20ClNO5/c1-13-19(23)22(17-12-14(20(24)25)4-9-18(17)27-13)10-2-3-11-26-16-7-5-15(21)6-8-16/h4-9,12-13H,2-3,10-11H2,1H3,(H,24,25). The van der Waals surface area contributed by atoms with Crippen molar-refractivity contribution in [3.63, 3.8) is 0 Å². The van der Waals surface area contributed by atoms with Crippen molar-refractivity contribution in [2.24, 2.45) is 0 Å². The molecule has 6 nitrogen and oxygen atoms in total. The number of rotatable bonds is 7. The van der Waals surface area contributed by atoms with Crippen molar-refractivity contribution in [3.05, 3.63) is 53.1 Å². The summed E-state index contributed by atoms with van der Waals surface area (Å²) in [7, 11) is 0. The van der Waals surface area contributed by atoms with Gasteiger partial charge < -0.3 is 19.5 Å². The number of carbonyl (C=O) groups is 2. The molecule has 1 unspecified atom stereocenters. The van der Waals surface area contributed by atoms with Gasteiger partial charge in [0, 0.05) is 11.6 Å². The highest BCUT2D eigenvalue weighted by molar-refractivity contribution is 6.30. The molecule has 0 spiro atoms. The van der Waals surface area contributed by atoms with Crippen molar-refractivity contribution in [2.45, 2.75) is 25.9 Å². The number of ether oxygens (including phenoxy) is 2. The molecule has 142 valence electrons. The lowest BCUT2D eigenvalue weighted by molar-refractivity contribution is -0.125. The van der Waals surface area contributed by atoms with Gasteiger partial charge >= 0.3 is 5.97 Å². The topological polar surface area (TPSA) is 76.1 Å². The van der Waals surface area contributed by atoms with Gasteiger partial charge in [-0.25, -0.2) is 4.79 Å². The number of carboxylic acid groups (broad SMARTS) is 1. The fourth-order valence-corrected chi connectivity index (χ4v) is 2.99. The van der Waals surface area contributed by atoms with Crippen LogP contribution in [0.2, 0.25) is 5.02 Å².